The highest BCUT2D eigenvalue weighted by Gasteiger charge is 2.60. The molecule has 3 aliphatic carbocycles. The minimum Gasteiger partial charge on any atom is -0.155 e. The summed E-state index contributed by atoms with van der Waals surface area (Å²) in [4.78, 5) is 0. The van der Waals surface area contributed by atoms with Crippen LogP contribution in [-0.2, 0) is 11.8 Å². The summed E-state index contributed by atoms with van der Waals surface area (Å²) in [6, 6.07) is 2.39. The lowest BCUT2D eigenvalue weighted by atomic mass is 9.70. The van der Waals surface area contributed by atoms with Crippen molar-refractivity contribution in [2.75, 3.05) is 0 Å². The Morgan fingerprint density at radius 1 is 1.17 bits per heavy atom. The van der Waals surface area contributed by atoms with Gasteiger partial charge in [0.05, 0.1) is 11.4 Å². The van der Waals surface area contributed by atoms with Crippen LogP contribution >= 0.6 is 0 Å². The van der Waals surface area contributed by atoms with Gasteiger partial charge in [0.1, 0.15) is 0 Å². The van der Waals surface area contributed by atoms with Crippen molar-refractivity contribution < 1.29 is 0 Å². The maximum Gasteiger partial charge on any atom is 0.0730 e. The lowest BCUT2D eigenvalue weighted by Crippen LogP contribution is -2.32. The predicted molar refractivity (Wildman–Crippen MR) is 71.6 cm³/mol. The molecule has 0 unspecified atom stereocenters. The molecule has 3 aliphatic rings. The Balaban J connectivity index is 1.79. The molecule has 0 saturated heterocycles. The van der Waals surface area contributed by atoms with Crippen LogP contribution < -0.4 is 0 Å². The van der Waals surface area contributed by atoms with E-state index in [1.165, 1.54) is 42.6 Å². The van der Waals surface area contributed by atoms with Gasteiger partial charge in [-0.2, -0.15) is 10.2 Å². The maximum atomic E-state index is 4.64. The number of hydrogen-bond donors (Lipinski definition) is 0. The van der Waals surface area contributed by atoms with Crippen molar-refractivity contribution in [3.05, 3.63) is 23.0 Å². The van der Waals surface area contributed by atoms with Crippen LogP contribution in [0, 0.1) is 11.3 Å². The molecule has 96 valence electrons. The van der Waals surface area contributed by atoms with Crippen LogP contribution in [0.2, 0.25) is 0 Å². The van der Waals surface area contributed by atoms with Crippen LogP contribution in [0.15, 0.2) is 6.07 Å². The fraction of sp³-hybridized carbons (Fsp3) is 0.750. The first-order valence-electron chi connectivity index (χ1n) is 7.39. The summed E-state index contributed by atoms with van der Waals surface area (Å²) in [6.45, 7) is 7.24. The second-order valence-electron chi connectivity index (χ2n) is 7.43. The standard InChI is InChI=1S/C16H22N2/c1-15(2)13-6-7-16(15,3)14-12(13)9-11(17-18-14)8-10-4-5-10/h9-10,13H,4-8H2,1-3H3/t13-,16-/m0/s1. The van der Waals surface area contributed by atoms with Crippen molar-refractivity contribution in [2.24, 2.45) is 11.3 Å². The van der Waals surface area contributed by atoms with Gasteiger partial charge in [-0.3, -0.25) is 0 Å². The first-order valence-corrected chi connectivity index (χ1v) is 7.39. The zero-order valence-electron chi connectivity index (χ0n) is 11.7. The minimum absolute atomic E-state index is 0.262. The van der Waals surface area contributed by atoms with Crippen molar-refractivity contribution in [1.29, 1.82) is 0 Å². The van der Waals surface area contributed by atoms with Crippen LogP contribution in [0.1, 0.15) is 69.3 Å². The van der Waals surface area contributed by atoms with E-state index in [1.54, 1.807) is 0 Å². The first-order chi connectivity index (χ1) is 8.52. The van der Waals surface area contributed by atoms with E-state index in [0.717, 1.165) is 12.3 Å². The molecule has 18 heavy (non-hydrogen) atoms. The Labute approximate surface area is 109 Å². The van der Waals surface area contributed by atoms with E-state index in [1.807, 2.05) is 0 Å². The Morgan fingerprint density at radius 3 is 2.67 bits per heavy atom. The zero-order valence-corrected chi connectivity index (χ0v) is 11.7. The second kappa shape index (κ2) is 3.15. The van der Waals surface area contributed by atoms with Gasteiger partial charge < -0.3 is 0 Å². The molecule has 2 heteroatoms. The molecular formula is C16H22N2. The van der Waals surface area contributed by atoms with Crippen LogP contribution in [-0.4, -0.2) is 10.2 Å². The lowest BCUT2D eigenvalue weighted by molar-refractivity contribution is 0.226. The van der Waals surface area contributed by atoms with Gasteiger partial charge >= 0.3 is 0 Å². The van der Waals surface area contributed by atoms with E-state index in [2.05, 4.69) is 37.0 Å². The van der Waals surface area contributed by atoms with Gasteiger partial charge in [0.2, 0.25) is 0 Å². The monoisotopic (exact) mass is 242 g/mol. The fourth-order valence-electron chi connectivity index (χ4n) is 4.33. The summed E-state index contributed by atoms with van der Waals surface area (Å²) in [5, 5.41) is 9.15. The molecule has 2 atom stereocenters. The van der Waals surface area contributed by atoms with Crippen LogP contribution in [0.4, 0.5) is 0 Å². The van der Waals surface area contributed by atoms with Crippen LogP contribution in [0.25, 0.3) is 0 Å². The van der Waals surface area contributed by atoms with E-state index >= 15 is 0 Å². The highest BCUT2D eigenvalue weighted by molar-refractivity contribution is 5.45. The van der Waals surface area contributed by atoms with Gasteiger partial charge in [0, 0.05) is 5.41 Å². The van der Waals surface area contributed by atoms with Gasteiger partial charge in [-0.25, -0.2) is 0 Å². The van der Waals surface area contributed by atoms with Crippen molar-refractivity contribution in [3.63, 3.8) is 0 Å². The van der Waals surface area contributed by atoms with Crippen molar-refractivity contribution >= 4 is 0 Å². The number of fused-ring (bicyclic) bond motifs is 5. The van der Waals surface area contributed by atoms with Gasteiger partial charge in [-0.1, -0.05) is 20.8 Å². The number of aromatic nitrogens is 2. The quantitative estimate of drug-likeness (QED) is 0.792. The SMILES string of the molecule is CC1(C)[C@H]2CC[C@@]1(C)c1nnc(CC3CC3)cc12. The molecule has 0 amide bonds. The largest absolute Gasteiger partial charge is 0.155 e. The van der Waals surface area contributed by atoms with E-state index in [-0.39, 0.29) is 5.41 Å². The Bertz CT molecular complexity index is 516. The summed E-state index contributed by atoms with van der Waals surface area (Å²) < 4.78 is 0. The van der Waals surface area contributed by atoms with E-state index in [4.69, 9.17) is 0 Å². The molecule has 2 bridgehead atoms. The Kier molecular flexibility index (Phi) is 1.92. The maximum absolute atomic E-state index is 4.64. The Morgan fingerprint density at radius 2 is 1.94 bits per heavy atom. The third-order valence-electron chi connectivity index (χ3n) is 6.19. The van der Waals surface area contributed by atoms with Crippen molar-refractivity contribution in [1.82, 2.24) is 10.2 Å². The van der Waals surface area contributed by atoms with Gasteiger partial charge in [-0.05, 0) is 61.0 Å². The molecule has 2 saturated carbocycles. The summed E-state index contributed by atoms with van der Waals surface area (Å²) in [6.07, 6.45) is 6.57. The third kappa shape index (κ3) is 1.19. The highest BCUT2D eigenvalue weighted by atomic mass is 15.1. The Hall–Kier alpha value is -0.920. The number of hydrogen-bond acceptors (Lipinski definition) is 2. The van der Waals surface area contributed by atoms with Gasteiger partial charge in [0.15, 0.2) is 0 Å². The van der Waals surface area contributed by atoms with Gasteiger partial charge in [-0.15, -0.1) is 0 Å². The number of nitrogens with zero attached hydrogens (tertiary/aromatic N) is 2. The van der Waals surface area contributed by atoms with Crippen molar-refractivity contribution in [3.8, 4) is 0 Å². The summed E-state index contributed by atoms with van der Waals surface area (Å²) in [5.41, 5.74) is 4.70. The summed E-state index contributed by atoms with van der Waals surface area (Å²) in [7, 11) is 0. The summed E-state index contributed by atoms with van der Waals surface area (Å²) >= 11 is 0. The molecular weight excluding hydrogens is 220 g/mol. The third-order valence-corrected chi connectivity index (χ3v) is 6.19. The smallest absolute Gasteiger partial charge is 0.0730 e. The minimum atomic E-state index is 0.262. The van der Waals surface area contributed by atoms with Gasteiger partial charge in [0.25, 0.3) is 0 Å². The molecule has 0 radical (unpaired) electrons. The lowest BCUT2D eigenvalue weighted by Gasteiger charge is -2.33. The zero-order chi connectivity index (χ0) is 12.5. The molecule has 0 spiro atoms. The summed E-state index contributed by atoms with van der Waals surface area (Å²) in [5.74, 6) is 1.62. The predicted octanol–water partition coefficient (Wildman–Crippen LogP) is 3.60. The molecule has 1 aromatic heterocycles. The molecule has 0 N–H and O–H groups in total. The molecule has 1 aromatic rings. The molecule has 2 nitrogen and oxygen atoms in total. The average Bonchev–Trinajstić information content (AvgIpc) is 3.06. The molecule has 2 fully saturated rings. The molecule has 1 heterocycles. The average molecular weight is 242 g/mol. The molecule has 0 aliphatic heterocycles. The van der Waals surface area contributed by atoms with Crippen molar-refractivity contribution in [2.45, 2.75) is 64.2 Å². The van der Waals surface area contributed by atoms with Crippen LogP contribution in [0.5, 0.6) is 0 Å². The topological polar surface area (TPSA) is 25.8 Å². The number of rotatable bonds is 2. The molecule has 4 rings (SSSR count). The second-order valence-corrected chi connectivity index (χ2v) is 7.43. The van der Waals surface area contributed by atoms with E-state index in [0.29, 0.717) is 11.3 Å². The van der Waals surface area contributed by atoms with E-state index in [9.17, 15) is 0 Å². The van der Waals surface area contributed by atoms with Crippen LogP contribution in [0.3, 0.4) is 0 Å². The fourth-order valence-corrected chi connectivity index (χ4v) is 4.33. The first kappa shape index (κ1) is 11.0. The molecule has 0 aromatic carbocycles. The van der Waals surface area contributed by atoms with E-state index < -0.39 is 0 Å². The normalized spacial score (nSPS) is 35.8. The highest BCUT2D eigenvalue weighted by Crippen LogP contribution is 2.66.